The van der Waals surface area contributed by atoms with Crippen LogP contribution in [0.25, 0.3) is 27.5 Å². The number of benzene rings is 3. The monoisotopic (exact) mass is 394 g/mol. The maximum absolute atomic E-state index is 12.9. The summed E-state index contributed by atoms with van der Waals surface area (Å²) >= 11 is 1.58. The molecule has 29 heavy (non-hydrogen) atoms. The largest absolute Gasteiger partial charge is 0.289 e. The first-order chi connectivity index (χ1) is 14.2. The van der Waals surface area contributed by atoms with Crippen molar-refractivity contribution in [2.24, 2.45) is 0 Å². The van der Waals surface area contributed by atoms with Crippen molar-refractivity contribution in [2.75, 3.05) is 0 Å². The topological polar surface area (TPSA) is 34.9 Å². The molecule has 3 aromatic carbocycles. The molecule has 0 fully saturated rings. The summed E-state index contributed by atoms with van der Waals surface area (Å²) in [6, 6.07) is 28.1. The van der Waals surface area contributed by atoms with Crippen LogP contribution in [0.15, 0.2) is 95.9 Å². The standard InChI is InChI=1S/C25H18N2OS/c1-17-11-13-19(14-12-17)23(28)16-25-27-22(20-9-5-6-10-24(20)29-25)15-21(26-27)18-7-3-2-4-8-18/h2-16H,1H3/b25-16+. The van der Waals surface area contributed by atoms with Gasteiger partial charge in [-0.2, -0.15) is 5.10 Å². The summed E-state index contributed by atoms with van der Waals surface area (Å²) in [5.41, 5.74) is 5.90. The predicted molar refractivity (Wildman–Crippen MR) is 119 cm³/mol. The van der Waals surface area contributed by atoms with Gasteiger partial charge in [0, 0.05) is 27.7 Å². The van der Waals surface area contributed by atoms with Gasteiger partial charge in [-0.3, -0.25) is 4.79 Å². The molecule has 0 saturated heterocycles. The van der Waals surface area contributed by atoms with Gasteiger partial charge < -0.3 is 0 Å². The highest BCUT2D eigenvalue weighted by Gasteiger charge is 2.24. The molecule has 4 aromatic rings. The van der Waals surface area contributed by atoms with Crippen LogP contribution in [0.2, 0.25) is 0 Å². The molecule has 1 aliphatic rings. The van der Waals surface area contributed by atoms with Crippen LogP contribution < -0.4 is 0 Å². The fourth-order valence-corrected chi connectivity index (χ4v) is 4.46. The molecule has 0 aliphatic carbocycles. The highest BCUT2D eigenvalue weighted by molar-refractivity contribution is 8.08. The van der Waals surface area contributed by atoms with Crippen molar-refractivity contribution in [1.82, 2.24) is 9.78 Å². The third kappa shape index (κ3) is 3.32. The molecule has 0 bridgehead atoms. The first-order valence-electron chi connectivity index (χ1n) is 9.45. The van der Waals surface area contributed by atoms with Crippen molar-refractivity contribution in [2.45, 2.75) is 11.8 Å². The summed E-state index contributed by atoms with van der Waals surface area (Å²) in [4.78, 5) is 14.0. The van der Waals surface area contributed by atoms with Gasteiger partial charge in [0.15, 0.2) is 5.78 Å². The highest BCUT2D eigenvalue weighted by atomic mass is 32.2. The maximum Gasteiger partial charge on any atom is 0.188 e. The minimum absolute atomic E-state index is 0.0189. The zero-order valence-corrected chi connectivity index (χ0v) is 16.7. The number of hydrogen-bond acceptors (Lipinski definition) is 3. The average Bonchev–Trinajstić information content (AvgIpc) is 3.21. The Morgan fingerprint density at radius 3 is 2.45 bits per heavy atom. The normalized spacial score (nSPS) is 13.8. The van der Waals surface area contributed by atoms with Gasteiger partial charge in [-0.25, -0.2) is 4.68 Å². The minimum Gasteiger partial charge on any atom is -0.289 e. The summed E-state index contributed by atoms with van der Waals surface area (Å²) in [5, 5.41) is 5.65. The number of carbonyl (C=O) groups excluding carboxylic acids is 1. The van der Waals surface area contributed by atoms with Gasteiger partial charge in [0.05, 0.1) is 11.4 Å². The number of rotatable bonds is 3. The number of allylic oxidation sites excluding steroid dienone is 1. The van der Waals surface area contributed by atoms with Crippen LogP contribution >= 0.6 is 11.8 Å². The van der Waals surface area contributed by atoms with Gasteiger partial charge in [-0.15, -0.1) is 0 Å². The third-order valence-electron chi connectivity index (χ3n) is 4.96. The van der Waals surface area contributed by atoms with Gasteiger partial charge in [-0.05, 0) is 19.1 Å². The van der Waals surface area contributed by atoms with Crippen molar-refractivity contribution < 1.29 is 4.79 Å². The van der Waals surface area contributed by atoms with Gasteiger partial charge in [0.25, 0.3) is 0 Å². The molecule has 5 rings (SSSR count). The molecule has 2 heterocycles. The van der Waals surface area contributed by atoms with Crippen LogP contribution in [0.4, 0.5) is 0 Å². The van der Waals surface area contributed by atoms with E-state index in [1.54, 1.807) is 17.8 Å². The second kappa shape index (κ2) is 7.22. The lowest BCUT2D eigenvalue weighted by Crippen LogP contribution is -2.07. The van der Waals surface area contributed by atoms with Crippen LogP contribution in [0.3, 0.4) is 0 Å². The van der Waals surface area contributed by atoms with E-state index in [2.05, 4.69) is 18.2 Å². The summed E-state index contributed by atoms with van der Waals surface area (Å²) in [6.45, 7) is 2.02. The van der Waals surface area contributed by atoms with E-state index < -0.39 is 0 Å². The quantitative estimate of drug-likeness (QED) is 0.302. The van der Waals surface area contributed by atoms with E-state index in [-0.39, 0.29) is 5.78 Å². The highest BCUT2D eigenvalue weighted by Crippen LogP contribution is 2.45. The molecule has 0 amide bonds. The van der Waals surface area contributed by atoms with Crippen LogP contribution in [0, 0.1) is 6.92 Å². The number of aryl methyl sites for hydroxylation is 1. The zero-order chi connectivity index (χ0) is 19.8. The number of nitrogens with zero attached hydrogens (tertiary/aromatic N) is 2. The molecule has 0 N–H and O–H groups in total. The van der Waals surface area contributed by atoms with Crippen LogP contribution in [-0.2, 0) is 0 Å². The first-order valence-corrected chi connectivity index (χ1v) is 10.3. The molecular weight excluding hydrogens is 376 g/mol. The summed E-state index contributed by atoms with van der Waals surface area (Å²) in [6.07, 6.45) is 1.69. The summed E-state index contributed by atoms with van der Waals surface area (Å²) in [7, 11) is 0. The first kappa shape index (κ1) is 17.7. The predicted octanol–water partition coefficient (Wildman–Crippen LogP) is 6.31. The Hall–Kier alpha value is -3.37. The van der Waals surface area contributed by atoms with Crippen molar-refractivity contribution in [3.8, 4) is 22.5 Å². The summed E-state index contributed by atoms with van der Waals surface area (Å²) in [5.74, 6) is -0.0189. The molecule has 1 aliphatic heterocycles. The Morgan fingerprint density at radius 2 is 1.66 bits per heavy atom. The van der Waals surface area contributed by atoms with E-state index in [4.69, 9.17) is 5.10 Å². The second-order valence-corrected chi connectivity index (χ2v) is 8.07. The van der Waals surface area contributed by atoms with E-state index >= 15 is 0 Å². The molecule has 0 spiro atoms. The number of ketones is 1. The number of hydrogen-bond donors (Lipinski definition) is 0. The second-order valence-electron chi connectivity index (χ2n) is 7.00. The van der Waals surface area contributed by atoms with Crippen LogP contribution in [0.1, 0.15) is 15.9 Å². The van der Waals surface area contributed by atoms with Gasteiger partial charge in [0.1, 0.15) is 5.03 Å². The fourth-order valence-electron chi connectivity index (χ4n) is 3.42. The van der Waals surface area contributed by atoms with E-state index in [9.17, 15) is 4.79 Å². The molecular formula is C25H18N2OS. The van der Waals surface area contributed by atoms with Crippen LogP contribution in [-0.4, -0.2) is 15.6 Å². The number of fused-ring (bicyclic) bond motifs is 3. The Kier molecular flexibility index (Phi) is 4.41. The molecule has 4 heteroatoms. The Balaban J connectivity index is 1.63. The molecule has 1 aromatic heterocycles. The van der Waals surface area contributed by atoms with E-state index in [1.165, 1.54) is 0 Å². The van der Waals surface area contributed by atoms with Crippen molar-refractivity contribution in [3.05, 3.63) is 102 Å². The average molecular weight is 394 g/mol. The van der Waals surface area contributed by atoms with Crippen molar-refractivity contribution in [3.63, 3.8) is 0 Å². The minimum atomic E-state index is -0.0189. The zero-order valence-electron chi connectivity index (χ0n) is 15.9. The van der Waals surface area contributed by atoms with E-state index in [0.29, 0.717) is 5.56 Å². The number of carbonyl (C=O) groups is 1. The van der Waals surface area contributed by atoms with Crippen LogP contribution in [0.5, 0.6) is 0 Å². The Bertz CT molecular complexity index is 1240. The Labute approximate surface area is 173 Å². The molecule has 0 unspecified atom stereocenters. The number of aromatic nitrogens is 2. The van der Waals surface area contributed by atoms with E-state index in [0.717, 1.165) is 38.0 Å². The lowest BCUT2D eigenvalue weighted by atomic mass is 10.1. The van der Waals surface area contributed by atoms with Gasteiger partial charge >= 0.3 is 0 Å². The maximum atomic E-state index is 12.9. The molecule has 0 atom stereocenters. The fraction of sp³-hybridized carbons (Fsp3) is 0.0400. The molecule has 140 valence electrons. The summed E-state index contributed by atoms with van der Waals surface area (Å²) < 4.78 is 1.89. The molecule has 0 saturated carbocycles. The van der Waals surface area contributed by atoms with Crippen molar-refractivity contribution in [1.29, 1.82) is 0 Å². The van der Waals surface area contributed by atoms with Crippen molar-refractivity contribution >= 4 is 22.6 Å². The smallest absolute Gasteiger partial charge is 0.188 e. The SMILES string of the molecule is Cc1ccc(C(=O)/C=C2/Sc3ccccc3-c3cc(-c4ccccc4)nn32)cc1. The van der Waals surface area contributed by atoms with Gasteiger partial charge in [-0.1, -0.05) is 90.1 Å². The number of thioether (sulfide) groups is 1. The molecule has 0 radical (unpaired) electrons. The van der Waals surface area contributed by atoms with E-state index in [1.807, 2.05) is 78.3 Å². The Morgan fingerprint density at radius 1 is 0.931 bits per heavy atom. The molecule has 3 nitrogen and oxygen atoms in total. The van der Waals surface area contributed by atoms with Gasteiger partial charge in [0.2, 0.25) is 0 Å². The third-order valence-corrected chi connectivity index (χ3v) is 6.03. The lowest BCUT2D eigenvalue weighted by molar-refractivity contribution is 0.104. The lowest BCUT2D eigenvalue weighted by Gasteiger charge is -2.19.